The van der Waals surface area contributed by atoms with Crippen LogP contribution in [0.3, 0.4) is 0 Å². The monoisotopic (exact) mass is 442 g/mol. The van der Waals surface area contributed by atoms with Crippen molar-refractivity contribution >= 4 is 17.5 Å². The second-order valence-electron chi connectivity index (χ2n) is 7.96. The standard InChI is InChI=1S/C26H26N4O3/c1-18-7-12-24-28-22(16-30(24)14-18)17-33-23-6-4-5-21(13-23)26(32)29(3)15-19-8-10-20(11-9-19)25(31)27-2/h4-14,16H,15,17H2,1-3H3,(H,27,31). The van der Waals surface area contributed by atoms with E-state index in [-0.39, 0.29) is 11.8 Å². The summed E-state index contributed by atoms with van der Waals surface area (Å²) in [7, 11) is 3.35. The summed E-state index contributed by atoms with van der Waals surface area (Å²) in [5, 5.41) is 2.60. The lowest BCUT2D eigenvalue weighted by molar-refractivity contribution is 0.0784. The van der Waals surface area contributed by atoms with Gasteiger partial charge < -0.3 is 19.4 Å². The number of benzene rings is 2. The maximum Gasteiger partial charge on any atom is 0.254 e. The van der Waals surface area contributed by atoms with E-state index >= 15 is 0 Å². The number of imidazole rings is 1. The Morgan fingerprint density at radius 3 is 2.58 bits per heavy atom. The molecule has 7 nitrogen and oxygen atoms in total. The maximum atomic E-state index is 12.9. The lowest BCUT2D eigenvalue weighted by Crippen LogP contribution is -2.26. The Morgan fingerprint density at radius 1 is 1.03 bits per heavy atom. The van der Waals surface area contributed by atoms with Crippen LogP contribution in [0.5, 0.6) is 5.75 Å². The largest absolute Gasteiger partial charge is 0.487 e. The SMILES string of the molecule is CNC(=O)c1ccc(CN(C)C(=O)c2cccc(OCc3cn4cc(C)ccc4n3)c2)cc1. The molecule has 2 aromatic carbocycles. The summed E-state index contributed by atoms with van der Waals surface area (Å²) in [5.74, 6) is 0.359. The van der Waals surface area contributed by atoms with Gasteiger partial charge >= 0.3 is 0 Å². The third-order valence-electron chi connectivity index (χ3n) is 5.33. The number of nitrogens with zero attached hydrogens (tertiary/aromatic N) is 3. The Kier molecular flexibility index (Phi) is 6.40. The molecule has 4 aromatic rings. The number of nitrogens with one attached hydrogen (secondary N) is 1. The predicted octanol–water partition coefficient (Wildman–Crippen LogP) is 3.85. The van der Waals surface area contributed by atoms with Gasteiger partial charge in [0, 0.05) is 44.2 Å². The fraction of sp³-hybridized carbons (Fsp3) is 0.192. The number of hydrogen-bond acceptors (Lipinski definition) is 4. The van der Waals surface area contributed by atoms with Crippen molar-refractivity contribution in [3.05, 3.63) is 101 Å². The number of carbonyl (C=O) groups excluding carboxylic acids is 2. The Labute approximate surface area is 192 Å². The van der Waals surface area contributed by atoms with Crippen LogP contribution in [0.1, 0.15) is 37.5 Å². The summed E-state index contributed by atoms with van der Waals surface area (Å²) in [6, 6.07) is 18.4. The molecule has 0 bridgehead atoms. The van der Waals surface area contributed by atoms with Crippen LogP contribution in [-0.4, -0.2) is 40.2 Å². The zero-order valence-corrected chi connectivity index (χ0v) is 18.9. The first-order chi connectivity index (χ1) is 15.9. The van der Waals surface area contributed by atoms with Gasteiger partial charge in [0.2, 0.25) is 0 Å². The molecule has 7 heteroatoms. The number of aromatic nitrogens is 2. The fourth-order valence-corrected chi connectivity index (χ4v) is 3.57. The van der Waals surface area contributed by atoms with Gasteiger partial charge in [0.15, 0.2) is 0 Å². The Bertz CT molecular complexity index is 1290. The Morgan fingerprint density at radius 2 is 1.82 bits per heavy atom. The van der Waals surface area contributed by atoms with Crippen molar-refractivity contribution < 1.29 is 14.3 Å². The average molecular weight is 443 g/mol. The molecule has 0 unspecified atom stereocenters. The van der Waals surface area contributed by atoms with E-state index in [1.54, 1.807) is 43.3 Å². The van der Waals surface area contributed by atoms with Gasteiger partial charge in [-0.2, -0.15) is 0 Å². The van der Waals surface area contributed by atoms with Gasteiger partial charge in [0.05, 0.1) is 5.69 Å². The number of carbonyl (C=O) groups is 2. The van der Waals surface area contributed by atoms with Gasteiger partial charge in [-0.3, -0.25) is 9.59 Å². The lowest BCUT2D eigenvalue weighted by atomic mass is 10.1. The maximum absolute atomic E-state index is 12.9. The molecule has 168 valence electrons. The highest BCUT2D eigenvalue weighted by Crippen LogP contribution is 2.18. The molecule has 0 fully saturated rings. The molecule has 0 atom stereocenters. The third kappa shape index (κ3) is 5.20. The van der Waals surface area contributed by atoms with Crippen molar-refractivity contribution in [1.29, 1.82) is 0 Å². The van der Waals surface area contributed by atoms with Crippen molar-refractivity contribution in [3.8, 4) is 5.75 Å². The van der Waals surface area contributed by atoms with Gasteiger partial charge in [-0.05, 0) is 54.4 Å². The highest BCUT2D eigenvalue weighted by molar-refractivity contribution is 5.95. The minimum absolute atomic E-state index is 0.112. The molecule has 4 rings (SSSR count). The first-order valence-corrected chi connectivity index (χ1v) is 10.7. The zero-order valence-electron chi connectivity index (χ0n) is 18.9. The highest BCUT2D eigenvalue weighted by Gasteiger charge is 2.14. The van der Waals surface area contributed by atoms with E-state index in [0.29, 0.717) is 30.0 Å². The summed E-state index contributed by atoms with van der Waals surface area (Å²) < 4.78 is 7.88. The average Bonchev–Trinajstić information content (AvgIpc) is 3.24. The van der Waals surface area contributed by atoms with E-state index in [9.17, 15) is 9.59 Å². The summed E-state index contributed by atoms with van der Waals surface area (Å²) in [5.41, 5.74) is 4.91. The van der Waals surface area contributed by atoms with Gasteiger partial charge in [0.25, 0.3) is 11.8 Å². The Balaban J connectivity index is 1.39. The van der Waals surface area contributed by atoms with E-state index in [0.717, 1.165) is 22.5 Å². The second-order valence-corrected chi connectivity index (χ2v) is 7.96. The number of hydrogen-bond donors (Lipinski definition) is 1. The van der Waals surface area contributed by atoms with Gasteiger partial charge in [-0.1, -0.05) is 24.3 Å². The van der Waals surface area contributed by atoms with E-state index in [1.165, 1.54) is 0 Å². The van der Waals surface area contributed by atoms with Crippen LogP contribution in [0.4, 0.5) is 0 Å². The second kappa shape index (κ2) is 9.56. The molecule has 0 aliphatic heterocycles. The molecule has 0 aliphatic carbocycles. The lowest BCUT2D eigenvalue weighted by Gasteiger charge is -2.18. The molecule has 0 saturated carbocycles. The minimum atomic E-state index is -0.137. The molecule has 2 aromatic heterocycles. The van der Waals surface area contributed by atoms with Crippen molar-refractivity contribution in [3.63, 3.8) is 0 Å². The molecule has 2 heterocycles. The van der Waals surface area contributed by atoms with E-state index in [4.69, 9.17) is 4.74 Å². The third-order valence-corrected chi connectivity index (χ3v) is 5.33. The molecule has 0 aliphatic rings. The van der Waals surface area contributed by atoms with Crippen molar-refractivity contribution in [2.75, 3.05) is 14.1 Å². The quantitative estimate of drug-likeness (QED) is 0.472. The highest BCUT2D eigenvalue weighted by atomic mass is 16.5. The van der Waals surface area contributed by atoms with Crippen LogP contribution in [0.2, 0.25) is 0 Å². The summed E-state index contributed by atoms with van der Waals surface area (Å²) in [6.45, 7) is 2.78. The van der Waals surface area contributed by atoms with Crippen LogP contribution < -0.4 is 10.1 Å². The fourth-order valence-electron chi connectivity index (χ4n) is 3.57. The van der Waals surface area contributed by atoms with Gasteiger partial charge in [-0.15, -0.1) is 0 Å². The topological polar surface area (TPSA) is 75.9 Å². The molecule has 2 amide bonds. The van der Waals surface area contributed by atoms with Crippen LogP contribution in [0, 0.1) is 6.92 Å². The molecular weight excluding hydrogens is 416 g/mol. The summed E-state index contributed by atoms with van der Waals surface area (Å²) in [6.07, 6.45) is 3.97. The van der Waals surface area contributed by atoms with Gasteiger partial charge in [0.1, 0.15) is 18.0 Å². The van der Waals surface area contributed by atoms with Crippen molar-refractivity contribution in [2.24, 2.45) is 0 Å². The van der Waals surface area contributed by atoms with E-state index in [1.807, 2.05) is 60.1 Å². The smallest absolute Gasteiger partial charge is 0.254 e. The zero-order chi connectivity index (χ0) is 23.4. The molecule has 0 spiro atoms. The molecule has 33 heavy (non-hydrogen) atoms. The van der Waals surface area contributed by atoms with Crippen LogP contribution >= 0.6 is 0 Å². The normalized spacial score (nSPS) is 10.8. The summed E-state index contributed by atoms with van der Waals surface area (Å²) in [4.78, 5) is 30.8. The van der Waals surface area contributed by atoms with Crippen LogP contribution in [0.25, 0.3) is 5.65 Å². The summed E-state index contributed by atoms with van der Waals surface area (Å²) >= 11 is 0. The van der Waals surface area contributed by atoms with Crippen molar-refractivity contribution in [1.82, 2.24) is 19.6 Å². The first kappa shape index (κ1) is 22.1. The number of amides is 2. The number of ether oxygens (including phenoxy) is 1. The van der Waals surface area contributed by atoms with Crippen LogP contribution in [0.15, 0.2) is 73.1 Å². The first-order valence-electron chi connectivity index (χ1n) is 10.7. The number of pyridine rings is 1. The molecular formula is C26H26N4O3. The van der Waals surface area contributed by atoms with Gasteiger partial charge in [-0.25, -0.2) is 4.98 Å². The number of fused-ring (bicyclic) bond motifs is 1. The number of aryl methyl sites for hydroxylation is 1. The predicted molar refractivity (Wildman–Crippen MR) is 126 cm³/mol. The molecule has 0 radical (unpaired) electrons. The van der Waals surface area contributed by atoms with Crippen LogP contribution in [-0.2, 0) is 13.2 Å². The van der Waals surface area contributed by atoms with Crippen molar-refractivity contribution in [2.45, 2.75) is 20.1 Å². The van der Waals surface area contributed by atoms with E-state index in [2.05, 4.69) is 10.3 Å². The van der Waals surface area contributed by atoms with E-state index < -0.39 is 0 Å². The molecule has 0 saturated heterocycles. The Hall–Kier alpha value is -4.13. The number of rotatable bonds is 7. The minimum Gasteiger partial charge on any atom is -0.487 e. The molecule has 1 N–H and O–H groups in total.